The summed E-state index contributed by atoms with van der Waals surface area (Å²) in [6.45, 7) is 3.60. The minimum Gasteiger partial charge on any atom is -0.493 e. The highest BCUT2D eigenvalue weighted by molar-refractivity contribution is 5.56. The minimum absolute atomic E-state index is 0.246. The van der Waals surface area contributed by atoms with Crippen LogP contribution in [0.3, 0.4) is 0 Å². The summed E-state index contributed by atoms with van der Waals surface area (Å²) < 4.78 is 29.6. The maximum absolute atomic E-state index is 13.7. The number of halogens is 1. The summed E-state index contributed by atoms with van der Waals surface area (Å²) in [5.41, 5.74) is 1.96. The molecule has 136 valence electrons. The zero-order chi connectivity index (χ0) is 18.7. The molecule has 0 saturated carbocycles. The van der Waals surface area contributed by atoms with Gasteiger partial charge < -0.3 is 19.3 Å². The molecule has 7 heteroatoms. The fourth-order valence-corrected chi connectivity index (χ4v) is 2.50. The van der Waals surface area contributed by atoms with E-state index in [1.165, 1.54) is 6.07 Å². The Balaban J connectivity index is 1.77. The predicted octanol–water partition coefficient (Wildman–Crippen LogP) is 4.37. The van der Waals surface area contributed by atoms with Crippen molar-refractivity contribution >= 4 is 5.69 Å². The molecule has 0 amide bonds. The van der Waals surface area contributed by atoms with Crippen molar-refractivity contribution in [2.45, 2.75) is 19.9 Å². The van der Waals surface area contributed by atoms with E-state index in [9.17, 15) is 4.39 Å². The Hall–Kier alpha value is -3.09. The van der Waals surface area contributed by atoms with E-state index in [1.807, 2.05) is 25.1 Å². The number of rotatable bonds is 6. The number of anilines is 1. The lowest BCUT2D eigenvalue weighted by Gasteiger charge is -2.14. The number of nitrogens with one attached hydrogen (secondary N) is 1. The molecular weight excluding hydrogens is 337 g/mol. The lowest BCUT2D eigenvalue weighted by atomic mass is 10.1. The molecule has 0 aliphatic rings. The Labute approximate surface area is 150 Å². The van der Waals surface area contributed by atoms with Crippen molar-refractivity contribution in [2.75, 3.05) is 19.5 Å². The number of methoxy groups -OCH3 is 2. The maximum atomic E-state index is 13.7. The largest absolute Gasteiger partial charge is 0.493 e. The van der Waals surface area contributed by atoms with E-state index in [-0.39, 0.29) is 11.9 Å². The van der Waals surface area contributed by atoms with Gasteiger partial charge in [-0.15, -0.1) is 0 Å². The van der Waals surface area contributed by atoms with Crippen molar-refractivity contribution in [3.05, 3.63) is 53.7 Å². The normalized spacial score (nSPS) is 11.9. The lowest BCUT2D eigenvalue weighted by Crippen LogP contribution is -2.07. The van der Waals surface area contributed by atoms with Crippen LogP contribution in [0.2, 0.25) is 0 Å². The summed E-state index contributed by atoms with van der Waals surface area (Å²) in [5.74, 6) is 1.71. The molecule has 0 aliphatic carbocycles. The number of hydrogen-bond acceptors (Lipinski definition) is 6. The molecule has 26 heavy (non-hydrogen) atoms. The topological polar surface area (TPSA) is 69.4 Å². The molecule has 1 N–H and O–H groups in total. The SMILES string of the molecule is COc1ccc(NC(C)c2nc(-c3ccc(C)c(F)c3)no2)cc1OC. The van der Waals surface area contributed by atoms with Gasteiger partial charge in [-0.2, -0.15) is 4.98 Å². The zero-order valence-electron chi connectivity index (χ0n) is 15.0. The maximum Gasteiger partial charge on any atom is 0.249 e. The Morgan fingerprint density at radius 2 is 1.85 bits per heavy atom. The van der Waals surface area contributed by atoms with Gasteiger partial charge in [0.1, 0.15) is 11.9 Å². The average Bonchev–Trinajstić information content (AvgIpc) is 3.14. The number of ether oxygens (including phenoxy) is 2. The van der Waals surface area contributed by atoms with Crippen LogP contribution in [0.5, 0.6) is 11.5 Å². The molecule has 6 nitrogen and oxygen atoms in total. The van der Waals surface area contributed by atoms with Crippen molar-refractivity contribution in [2.24, 2.45) is 0 Å². The summed E-state index contributed by atoms with van der Waals surface area (Å²) in [6.07, 6.45) is 0. The number of benzene rings is 2. The molecule has 1 atom stereocenters. The monoisotopic (exact) mass is 357 g/mol. The lowest BCUT2D eigenvalue weighted by molar-refractivity contribution is 0.355. The molecule has 3 aromatic rings. The molecule has 3 rings (SSSR count). The van der Waals surface area contributed by atoms with Crippen LogP contribution in [-0.2, 0) is 0 Å². The first-order valence-corrected chi connectivity index (χ1v) is 8.10. The van der Waals surface area contributed by atoms with E-state index in [4.69, 9.17) is 14.0 Å². The van der Waals surface area contributed by atoms with E-state index in [0.29, 0.717) is 34.3 Å². The Kier molecular flexibility index (Phi) is 5.06. The zero-order valence-corrected chi connectivity index (χ0v) is 15.0. The standard InChI is InChI=1S/C19H20FN3O3/c1-11-5-6-13(9-15(11)20)18-22-19(26-23-18)12(2)21-14-7-8-16(24-3)17(10-14)25-4/h5-10,12,21H,1-4H3. The van der Waals surface area contributed by atoms with Crippen LogP contribution in [0.1, 0.15) is 24.4 Å². The van der Waals surface area contributed by atoms with Crippen molar-refractivity contribution < 1.29 is 18.4 Å². The second-order valence-electron chi connectivity index (χ2n) is 5.86. The van der Waals surface area contributed by atoms with Crippen LogP contribution >= 0.6 is 0 Å². The number of aryl methyl sites for hydroxylation is 1. The van der Waals surface area contributed by atoms with Gasteiger partial charge in [-0.25, -0.2) is 4.39 Å². The van der Waals surface area contributed by atoms with E-state index in [1.54, 1.807) is 33.3 Å². The van der Waals surface area contributed by atoms with Crippen LogP contribution < -0.4 is 14.8 Å². The van der Waals surface area contributed by atoms with Gasteiger partial charge in [-0.05, 0) is 37.6 Å². The van der Waals surface area contributed by atoms with Crippen molar-refractivity contribution in [3.63, 3.8) is 0 Å². The summed E-state index contributed by atoms with van der Waals surface area (Å²) in [5, 5.41) is 7.21. The molecule has 1 unspecified atom stereocenters. The Bertz CT molecular complexity index is 911. The van der Waals surface area contributed by atoms with Crippen molar-refractivity contribution in [1.82, 2.24) is 10.1 Å². The second kappa shape index (κ2) is 7.43. The fourth-order valence-electron chi connectivity index (χ4n) is 2.50. The van der Waals surface area contributed by atoms with Gasteiger partial charge in [-0.1, -0.05) is 17.3 Å². The highest BCUT2D eigenvalue weighted by atomic mass is 19.1. The minimum atomic E-state index is -0.301. The molecule has 1 heterocycles. The number of nitrogens with zero attached hydrogens (tertiary/aromatic N) is 2. The predicted molar refractivity (Wildman–Crippen MR) is 96.0 cm³/mol. The van der Waals surface area contributed by atoms with Crippen LogP contribution in [0, 0.1) is 12.7 Å². The first-order valence-electron chi connectivity index (χ1n) is 8.10. The molecule has 1 aromatic heterocycles. The van der Waals surface area contributed by atoms with E-state index in [0.717, 1.165) is 5.69 Å². The van der Waals surface area contributed by atoms with Gasteiger partial charge in [0.05, 0.1) is 14.2 Å². The van der Waals surface area contributed by atoms with E-state index >= 15 is 0 Å². The van der Waals surface area contributed by atoms with Crippen molar-refractivity contribution in [3.8, 4) is 22.9 Å². The van der Waals surface area contributed by atoms with E-state index in [2.05, 4.69) is 15.5 Å². The number of hydrogen-bond donors (Lipinski definition) is 1. The first kappa shape index (κ1) is 17.7. The average molecular weight is 357 g/mol. The van der Waals surface area contributed by atoms with Crippen LogP contribution in [0.25, 0.3) is 11.4 Å². The molecule has 0 saturated heterocycles. The van der Waals surface area contributed by atoms with Crippen LogP contribution in [-0.4, -0.2) is 24.4 Å². The molecule has 0 aliphatic heterocycles. The summed E-state index contributed by atoms with van der Waals surface area (Å²) in [7, 11) is 3.16. The van der Waals surface area contributed by atoms with Gasteiger partial charge in [-0.3, -0.25) is 0 Å². The van der Waals surface area contributed by atoms with Gasteiger partial charge >= 0.3 is 0 Å². The third-order valence-electron chi connectivity index (χ3n) is 4.01. The molecular formula is C19H20FN3O3. The van der Waals surface area contributed by atoms with Crippen LogP contribution in [0.15, 0.2) is 40.9 Å². The van der Waals surface area contributed by atoms with Gasteiger partial charge in [0.25, 0.3) is 0 Å². The highest BCUT2D eigenvalue weighted by Gasteiger charge is 2.16. The molecule has 2 aromatic carbocycles. The Morgan fingerprint density at radius 3 is 2.54 bits per heavy atom. The fraction of sp³-hybridized carbons (Fsp3) is 0.263. The van der Waals surface area contributed by atoms with E-state index < -0.39 is 0 Å². The summed E-state index contributed by atoms with van der Waals surface area (Å²) in [4.78, 5) is 4.36. The molecule has 0 spiro atoms. The molecule has 0 fully saturated rings. The molecule has 0 bridgehead atoms. The van der Waals surface area contributed by atoms with Gasteiger partial charge in [0.2, 0.25) is 11.7 Å². The quantitative estimate of drug-likeness (QED) is 0.706. The highest BCUT2D eigenvalue weighted by Crippen LogP contribution is 2.31. The Morgan fingerprint density at radius 1 is 1.08 bits per heavy atom. The summed E-state index contributed by atoms with van der Waals surface area (Å²) >= 11 is 0. The number of aromatic nitrogens is 2. The first-order chi connectivity index (χ1) is 12.5. The second-order valence-corrected chi connectivity index (χ2v) is 5.86. The van der Waals surface area contributed by atoms with Gasteiger partial charge in [0.15, 0.2) is 11.5 Å². The van der Waals surface area contributed by atoms with Crippen molar-refractivity contribution in [1.29, 1.82) is 0 Å². The third kappa shape index (κ3) is 3.61. The summed E-state index contributed by atoms with van der Waals surface area (Å²) in [6, 6.07) is 10.1. The van der Waals surface area contributed by atoms with Gasteiger partial charge in [0, 0.05) is 17.3 Å². The molecule has 0 radical (unpaired) electrons. The van der Waals surface area contributed by atoms with Crippen LogP contribution in [0.4, 0.5) is 10.1 Å². The third-order valence-corrected chi connectivity index (χ3v) is 4.01. The smallest absolute Gasteiger partial charge is 0.249 e.